The van der Waals surface area contributed by atoms with Crippen LogP contribution in [0.15, 0.2) is 40.9 Å². The number of aryl methyl sites for hydroxylation is 1. The number of nitrogens with zero attached hydrogens (tertiary/aromatic N) is 1. The van der Waals surface area contributed by atoms with Gasteiger partial charge in [0.2, 0.25) is 0 Å². The minimum atomic E-state index is -0.0256. The van der Waals surface area contributed by atoms with Gasteiger partial charge >= 0.3 is 0 Å². The van der Waals surface area contributed by atoms with Gasteiger partial charge in [0.05, 0.1) is 12.0 Å². The first-order valence-corrected chi connectivity index (χ1v) is 6.77. The van der Waals surface area contributed by atoms with Crippen LogP contribution in [0.1, 0.15) is 22.6 Å². The van der Waals surface area contributed by atoms with Crippen molar-refractivity contribution >= 4 is 15.9 Å². The molecule has 1 atom stereocenters. The van der Waals surface area contributed by atoms with Crippen LogP contribution in [-0.4, -0.2) is 0 Å². The minimum absolute atomic E-state index is 0.0256. The van der Waals surface area contributed by atoms with Crippen molar-refractivity contribution in [1.29, 1.82) is 5.26 Å². The van der Waals surface area contributed by atoms with Gasteiger partial charge in [0.15, 0.2) is 0 Å². The van der Waals surface area contributed by atoms with Crippen LogP contribution in [-0.2, 0) is 6.42 Å². The van der Waals surface area contributed by atoms with Crippen LogP contribution < -0.4 is 0 Å². The topological polar surface area (TPSA) is 23.8 Å². The highest BCUT2D eigenvalue weighted by atomic mass is 79.9. The molecule has 0 bridgehead atoms. The third-order valence-corrected chi connectivity index (χ3v) is 4.01. The molecule has 18 heavy (non-hydrogen) atoms. The van der Waals surface area contributed by atoms with E-state index in [2.05, 4.69) is 65.3 Å². The maximum Gasteiger partial charge on any atom is 0.0759 e. The van der Waals surface area contributed by atoms with E-state index in [0.717, 1.165) is 16.5 Å². The Morgan fingerprint density at radius 1 is 1.17 bits per heavy atom. The second kappa shape index (κ2) is 4.26. The smallest absolute Gasteiger partial charge is 0.0759 e. The number of hydrogen-bond donors (Lipinski definition) is 0. The van der Waals surface area contributed by atoms with Crippen molar-refractivity contribution in [2.24, 2.45) is 0 Å². The van der Waals surface area contributed by atoms with E-state index in [-0.39, 0.29) is 5.92 Å². The predicted molar refractivity (Wildman–Crippen MR) is 76.4 cm³/mol. The number of fused-ring (bicyclic) bond motifs is 3. The summed E-state index contributed by atoms with van der Waals surface area (Å²) in [4.78, 5) is 0. The van der Waals surface area contributed by atoms with Crippen LogP contribution in [0.3, 0.4) is 0 Å². The zero-order valence-electron chi connectivity index (χ0n) is 10.1. The van der Waals surface area contributed by atoms with Crippen LogP contribution in [0.2, 0.25) is 0 Å². The summed E-state index contributed by atoms with van der Waals surface area (Å²) in [6, 6.07) is 15.1. The summed E-state index contributed by atoms with van der Waals surface area (Å²) in [5, 5.41) is 9.34. The second-order valence-electron chi connectivity index (χ2n) is 4.78. The van der Waals surface area contributed by atoms with Crippen molar-refractivity contribution < 1.29 is 0 Å². The van der Waals surface area contributed by atoms with Crippen LogP contribution in [0.5, 0.6) is 0 Å². The molecule has 0 heterocycles. The van der Waals surface area contributed by atoms with Gasteiger partial charge in [-0.15, -0.1) is 0 Å². The van der Waals surface area contributed by atoms with Crippen molar-refractivity contribution in [3.8, 4) is 17.2 Å². The van der Waals surface area contributed by atoms with Gasteiger partial charge in [0, 0.05) is 4.47 Å². The molecule has 0 unspecified atom stereocenters. The SMILES string of the molecule is Cc1ccc2c(c1)-c1ccc(Br)cc1C[C@H]2C#N. The van der Waals surface area contributed by atoms with Gasteiger partial charge in [-0.1, -0.05) is 45.8 Å². The first kappa shape index (κ1) is 11.5. The molecule has 2 heteroatoms. The van der Waals surface area contributed by atoms with Crippen LogP contribution >= 0.6 is 15.9 Å². The molecule has 1 nitrogen and oxygen atoms in total. The Labute approximate surface area is 115 Å². The molecule has 0 radical (unpaired) electrons. The van der Waals surface area contributed by atoms with E-state index in [9.17, 15) is 5.26 Å². The van der Waals surface area contributed by atoms with Gasteiger partial charge in [-0.2, -0.15) is 5.26 Å². The number of nitriles is 1. The molecule has 0 aromatic heterocycles. The first-order valence-electron chi connectivity index (χ1n) is 5.98. The molecule has 0 saturated carbocycles. The summed E-state index contributed by atoms with van der Waals surface area (Å²) >= 11 is 3.50. The third kappa shape index (κ3) is 1.76. The predicted octanol–water partition coefficient (Wildman–Crippen LogP) is 4.59. The maximum atomic E-state index is 9.34. The fourth-order valence-corrected chi connectivity index (χ4v) is 3.05. The van der Waals surface area contributed by atoms with Crippen molar-refractivity contribution in [3.05, 3.63) is 57.6 Å². The molecule has 0 saturated heterocycles. The molecule has 0 amide bonds. The first-order chi connectivity index (χ1) is 8.69. The van der Waals surface area contributed by atoms with Gasteiger partial charge in [-0.3, -0.25) is 0 Å². The Balaban J connectivity index is 2.29. The minimum Gasteiger partial charge on any atom is -0.198 e. The Bertz CT molecular complexity index is 667. The standard InChI is InChI=1S/C16H12BrN/c1-10-2-4-15-12(9-18)7-11-8-13(17)3-5-14(11)16(15)6-10/h2-6,8,12H,7H2,1H3/t12-/m0/s1. The van der Waals surface area contributed by atoms with E-state index in [0.29, 0.717) is 0 Å². The molecule has 2 aromatic carbocycles. The fraction of sp³-hybridized carbons (Fsp3) is 0.188. The highest BCUT2D eigenvalue weighted by Gasteiger charge is 2.24. The summed E-state index contributed by atoms with van der Waals surface area (Å²) in [5.74, 6) is -0.0256. The summed E-state index contributed by atoms with van der Waals surface area (Å²) < 4.78 is 1.08. The van der Waals surface area contributed by atoms with Crippen molar-refractivity contribution in [2.75, 3.05) is 0 Å². The largest absolute Gasteiger partial charge is 0.198 e. The monoisotopic (exact) mass is 297 g/mol. The molecule has 88 valence electrons. The van der Waals surface area contributed by atoms with Crippen LogP contribution in [0, 0.1) is 18.3 Å². The third-order valence-electron chi connectivity index (χ3n) is 3.52. The maximum absolute atomic E-state index is 9.34. The molecule has 0 aliphatic heterocycles. The molecule has 0 spiro atoms. The average molecular weight is 298 g/mol. The van der Waals surface area contributed by atoms with E-state index < -0.39 is 0 Å². The van der Waals surface area contributed by atoms with Crippen molar-refractivity contribution in [2.45, 2.75) is 19.3 Å². The highest BCUT2D eigenvalue weighted by Crippen LogP contribution is 2.40. The van der Waals surface area contributed by atoms with Gasteiger partial charge in [-0.25, -0.2) is 0 Å². The average Bonchev–Trinajstić information content (AvgIpc) is 2.37. The van der Waals surface area contributed by atoms with E-state index in [1.165, 1.54) is 22.3 Å². The van der Waals surface area contributed by atoms with Gasteiger partial charge in [0.25, 0.3) is 0 Å². The lowest BCUT2D eigenvalue weighted by Crippen LogP contribution is -2.10. The van der Waals surface area contributed by atoms with Gasteiger partial charge in [0.1, 0.15) is 0 Å². The molecular weight excluding hydrogens is 286 g/mol. The van der Waals surface area contributed by atoms with E-state index in [4.69, 9.17) is 0 Å². The van der Waals surface area contributed by atoms with E-state index >= 15 is 0 Å². The molecule has 1 aliphatic carbocycles. The summed E-state index contributed by atoms with van der Waals surface area (Å²) in [6.45, 7) is 2.09. The Morgan fingerprint density at radius 3 is 2.78 bits per heavy atom. The van der Waals surface area contributed by atoms with Crippen molar-refractivity contribution in [3.63, 3.8) is 0 Å². The molecule has 1 aliphatic rings. The van der Waals surface area contributed by atoms with E-state index in [1.54, 1.807) is 0 Å². The molecular formula is C16H12BrN. The molecule has 3 rings (SSSR count). The van der Waals surface area contributed by atoms with Crippen molar-refractivity contribution in [1.82, 2.24) is 0 Å². The Morgan fingerprint density at radius 2 is 2.00 bits per heavy atom. The summed E-state index contributed by atoms with van der Waals surface area (Å²) in [5.41, 5.74) is 6.15. The summed E-state index contributed by atoms with van der Waals surface area (Å²) in [6.07, 6.45) is 0.807. The quantitative estimate of drug-likeness (QED) is 0.698. The Kier molecular flexibility index (Phi) is 2.72. The lowest BCUT2D eigenvalue weighted by molar-refractivity contribution is 0.835. The van der Waals surface area contributed by atoms with Gasteiger partial charge < -0.3 is 0 Å². The highest BCUT2D eigenvalue weighted by molar-refractivity contribution is 9.10. The molecule has 0 N–H and O–H groups in total. The van der Waals surface area contributed by atoms with Gasteiger partial charge in [-0.05, 0) is 47.7 Å². The zero-order valence-corrected chi connectivity index (χ0v) is 11.7. The number of halogens is 1. The second-order valence-corrected chi connectivity index (χ2v) is 5.69. The molecule has 0 fully saturated rings. The number of hydrogen-bond acceptors (Lipinski definition) is 1. The van der Waals surface area contributed by atoms with Crippen LogP contribution in [0.4, 0.5) is 0 Å². The van der Waals surface area contributed by atoms with Crippen LogP contribution in [0.25, 0.3) is 11.1 Å². The number of rotatable bonds is 0. The van der Waals surface area contributed by atoms with E-state index in [1.807, 2.05) is 0 Å². The number of benzene rings is 2. The Hall–Kier alpha value is -1.59. The molecule has 2 aromatic rings. The lowest BCUT2D eigenvalue weighted by Gasteiger charge is -2.24. The fourth-order valence-electron chi connectivity index (χ4n) is 2.65. The summed E-state index contributed by atoms with van der Waals surface area (Å²) in [7, 11) is 0. The zero-order chi connectivity index (χ0) is 12.7. The normalized spacial score (nSPS) is 16.6. The lowest BCUT2D eigenvalue weighted by atomic mass is 9.79.